The number of aromatic nitrogens is 1. The summed E-state index contributed by atoms with van der Waals surface area (Å²) in [6.45, 7) is 0. The van der Waals surface area contributed by atoms with Crippen molar-refractivity contribution in [2.75, 3.05) is 5.73 Å². The highest BCUT2D eigenvalue weighted by molar-refractivity contribution is 5.94. The number of amides is 1. The molecule has 0 spiro atoms. The fourth-order valence-electron chi connectivity index (χ4n) is 0.932. The number of anilines is 1. The molecule has 1 aromatic rings. The third kappa shape index (κ3) is 2.80. The van der Waals surface area contributed by atoms with Crippen LogP contribution >= 0.6 is 0 Å². The van der Waals surface area contributed by atoms with Gasteiger partial charge in [-0.25, -0.2) is 9.78 Å². The van der Waals surface area contributed by atoms with Crippen molar-refractivity contribution in [2.24, 2.45) is 5.73 Å². The Balaban J connectivity index is 3.08. The molecular weight excluding hydrogens is 198 g/mol. The summed E-state index contributed by atoms with van der Waals surface area (Å²) in [5.74, 6) is -1.86. The molecule has 1 aromatic heterocycles. The smallest absolute Gasteiger partial charge is 0.339 e. The van der Waals surface area contributed by atoms with Gasteiger partial charge in [0.2, 0.25) is 5.91 Å². The Bertz CT molecular complexity index is 440. The van der Waals surface area contributed by atoms with Gasteiger partial charge in [0, 0.05) is 12.3 Å². The SMILES string of the molecule is NC(=O)C=Cc1cnc(N)c(C(=O)O)c1. The molecule has 15 heavy (non-hydrogen) atoms. The van der Waals surface area contributed by atoms with E-state index in [1.54, 1.807) is 0 Å². The zero-order valence-electron chi connectivity index (χ0n) is 7.68. The third-order valence-corrected chi connectivity index (χ3v) is 1.61. The number of nitrogen functional groups attached to an aromatic ring is 1. The Labute approximate surface area is 85.2 Å². The van der Waals surface area contributed by atoms with E-state index in [1.165, 1.54) is 18.3 Å². The van der Waals surface area contributed by atoms with Crippen molar-refractivity contribution >= 4 is 23.8 Å². The summed E-state index contributed by atoms with van der Waals surface area (Å²) in [5.41, 5.74) is 10.6. The number of hydrogen-bond acceptors (Lipinski definition) is 4. The molecule has 1 rings (SSSR count). The zero-order valence-corrected chi connectivity index (χ0v) is 7.68. The Kier molecular flexibility index (Phi) is 3.02. The molecule has 6 heteroatoms. The molecule has 0 aromatic carbocycles. The minimum absolute atomic E-state index is 0.0706. The largest absolute Gasteiger partial charge is 0.478 e. The minimum Gasteiger partial charge on any atom is -0.478 e. The van der Waals surface area contributed by atoms with E-state index < -0.39 is 11.9 Å². The first kappa shape index (κ1) is 10.7. The van der Waals surface area contributed by atoms with Crippen LogP contribution in [0.1, 0.15) is 15.9 Å². The van der Waals surface area contributed by atoms with Gasteiger partial charge in [0.25, 0.3) is 0 Å². The number of pyridine rings is 1. The van der Waals surface area contributed by atoms with Gasteiger partial charge in [-0.15, -0.1) is 0 Å². The standard InChI is InChI=1S/C9H9N3O3/c10-7(13)2-1-5-3-6(9(14)15)8(11)12-4-5/h1-4H,(H2,10,13)(H2,11,12)(H,14,15). The Morgan fingerprint density at radius 2 is 2.13 bits per heavy atom. The number of primary amides is 1. The summed E-state index contributed by atoms with van der Waals surface area (Å²) in [6, 6.07) is 1.31. The summed E-state index contributed by atoms with van der Waals surface area (Å²) in [6.07, 6.45) is 3.82. The Hall–Kier alpha value is -2.37. The predicted octanol–water partition coefficient (Wildman–Crippen LogP) is -0.140. The molecule has 0 saturated heterocycles. The normalized spacial score (nSPS) is 10.4. The van der Waals surface area contributed by atoms with Gasteiger partial charge < -0.3 is 16.6 Å². The van der Waals surface area contributed by atoms with Gasteiger partial charge in [0.05, 0.1) is 0 Å². The second kappa shape index (κ2) is 4.23. The van der Waals surface area contributed by atoms with Gasteiger partial charge in [-0.2, -0.15) is 0 Å². The topological polar surface area (TPSA) is 119 Å². The number of aromatic carboxylic acids is 1. The van der Waals surface area contributed by atoms with E-state index >= 15 is 0 Å². The maximum atomic E-state index is 10.7. The van der Waals surface area contributed by atoms with Crippen molar-refractivity contribution in [3.63, 3.8) is 0 Å². The highest BCUT2D eigenvalue weighted by Crippen LogP contribution is 2.11. The summed E-state index contributed by atoms with van der Waals surface area (Å²) < 4.78 is 0. The molecule has 0 aliphatic heterocycles. The molecule has 78 valence electrons. The molecule has 0 fully saturated rings. The highest BCUT2D eigenvalue weighted by atomic mass is 16.4. The zero-order chi connectivity index (χ0) is 11.4. The minimum atomic E-state index is -1.17. The number of carbonyl (C=O) groups excluding carboxylic acids is 1. The van der Waals surface area contributed by atoms with Crippen LogP contribution in [-0.4, -0.2) is 22.0 Å². The summed E-state index contributed by atoms with van der Waals surface area (Å²) >= 11 is 0. The van der Waals surface area contributed by atoms with Gasteiger partial charge in [0.1, 0.15) is 11.4 Å². The van der Waals surface area contributed by atoms with Crippen LogP contribution in [0.15, 0.2) is 18.3 Å². The fraction of sp³-hybridized carbons (Fsp3) is 0. The molecule has 1 amide bonds. The molecule has 1 heterocycles. The van der Waals surface area contributed by atoms with E-state index in [0.29, 0.717) is 5.56 Å². The molecule has 0 aliphatic rings. The van der Waals surface area contributed by atoms with Gasteiger partial charge in [-0.05, 0) is 17.7 Å². The number of rotatable bonds is 3. The van der Waals surface area contributed by atoms with Gasteiger partial charge in [-0.1, -0.05) is 0 Å². The first-order chi connectivity index (χ1) is 7.00. The van der Waals surface area contributed by atoms with E-state index in [4.69, 9.17) is 16.6 Å². The first-order valence-corrected chi connectivity index (χ1v) is 3.97. The van der Waals surface area contributed by atoms with Gasteiger partial charge >= 0.3 is 5.97 Å². The Morgan fingerprint density at radius 1 is 1.47 bits per heavy atom. The average Bonchev–Trinajstić information content (AvgIpc) is 2.16. The highest BCUT2D eigenvalue weighted by Gasteiger charge is 2.08. The first-order valence-electron chi connectivity index (χ1n) is 3.97. The summed E-state index contributed by atoms with van der Waals surface area (Å²) in [4.78, 5) is 24.8. The van der Waals surface area contributed by atoms with Crippen molar-refractivity contribution in [3.05, 3.63) is 29.5 Å². The van der Waals surface area contributed by atoms with E-state index in [-0.39, 0.29) is 11.4 Å². The fourth-order valence-corrected chi connectivity index (χ4v) is 0.932. The molecule has 0 unspecified atom stereocenters. The molecule has 0 atom stereocenters. The quantitative estimate of drug-likeness (QED) is 0.596. The Morgan fingerprint density at radius 3 is 2.67 bits per heavy atom. The molecular formula is C9H9N3O3. The van der Waals surface area contributed by atoms with Crippen LogP contribution in [0.25, 0.3) is 6.08 Å². The van der Waals surface area contributed by atoms with E-state index in [2.05, 4.69) is 4.98 Å². The van der Waals surface area contributed by atoms with E-state index in [0.717, 1.165) is 6.08 Å². The van der Waals surface area contributed by atoms with Crippen LogP contribution < -0.4 is 11.5 Å². The molecule has 0 aliphatic carbocycles. The summed E-state index contributed by atoms with van der Waals surface area (Å²) in [7, 11) is 0. The van der Waals surface area contributed by atoms with Gasteiger partial charge in [0.15, 0.2) is 0 Å². The second-order valence-corrected chi connectivity index (χ2v) is 2.74. The lowest BCUT2D eigenvalue weighted by Crippen LogP contribution is -2.06. The number of hydrogen-bond donors (Lipinski definition) is 3. The number of carboxylic acid groups (broad SMARTS) is 1. The third-order valence-electron chi connectivity index (χ3n) is 1.61. The second-order valence-electron chi connectivity index (χ2n) is 2.74. The predicted molar refractivity (Wildman–Crippen MR) is 53.8 cm³/mol. The summed E-state index contributed by atoms with van der Waals surface area (Å²) in [5, 5.41) is 8.73. The van der Waals surface area contributed by atoms with Crippen LogP contribution in [0.4, 0.5) is 5.82 Å². The van der Waals surface area contributed by atoms with Crippen molar-refractivity contribution in [3.8, 4) is 0 Å². The molecule has 5 N–H and O–H groups in total. The van der Waals surface area contributed by atoms with Crippen LogP contribution in [0.3, 0.4) is 0 Å². The molecule has 6 nitrogen and oxygen atoms in total. The number of nitrogens with two attached hydrogens (primary N) is 2. The molecule has 0 bridgehead atoms. The van der Waals surface area contributed by atoms with Gasteiger partial charge in [-0.3, -0.25) is 4.79 Å². The number of carbonyl (C=O) groups is 2. The van der Waals surface area contributed by atoms with Crippen molar-refractivity contribution in [1.82, 2.24) is 4.98 Å². The lowest BCUT2D eigenvalue weighted by atomic mass is 10.2. The number of carboxylic acids is 1. The number of nitrogens with zero attached hydrogens (tertiary/aromatic N) is 1. The van der Waals surface area contributed by atoms with E-state index in [1.807, 2.05) is 0 Å². The van der Waals surface area contributed by atoms with Crippen molar-refractivity contribution < 1.29 is 14.7 Å². The van der Waals surface area contributed by atoms with Crippen LogP contribution in [0.5, 0.6) is 0 Å². The molecule has 0 saturated carbocycles. The van der Waals surface area contributed by atoms with E-state index in [9.17, 15) is 9.59 Å². The maximum Gasteiger partial charge on any atom is 0.339 e. The molecule has 0 radical (unpaired) electrons. The maximum absolute atomic E-state index is 10.7. The lowest BCUT2D eigenvalue weighted by molar-refractivity contribution is -0.113. The van der Waals surface area contributed by atoms with Crippen LogP contribution in [-0.2, 0) is 4.79 Å². The average molecular weight is 207 g/mol. The van der Waals surface area contributed by atoms with Crippen molar-refractivity contribution in [1.29, 1.82) is 0 Å². The monoisotopic (exact) mass is 207 g/mol. The van der Waals surface area contributed by atoms with Crippen molar-refractivity contribution in [2.45, 2.75) is 0 Å². The van der Waals surface area contributed by atoms with Crippen LogP contribution in [0, 0.1) is 0 Å². The van der Waals surface area contributed by atoms with Crippen LogP contribution in [0.2, 0.25) is 0 Å². The lowest BCUT2D eigenvalue weighted by Gasteiger charge is -2.00.